The van der Waals surface area contributed by atoms with Gasteiger partial charge in [0, 0.05) is 187 Å². The molecule has 4 heterocycles. The molecule has 3 unspecified atom stereocenters. The Bertz CT molecular complexity index is 3950. The number of imidazole rings is 2. The number of nitrogens with one attached hydrogen (secondary N) is 15. The molecule has 18 N–H and O–H groups in total. The average Bonchev–Trinajstić information content (AvgIpc) is 1.63. The maximum absolute atomic E-state index is 15.6. The number of hydrogen-bond acceptors (Lipinski definition) is 22. The van der Waals surface area contributed by atoms with Crippen molar-refractivity contribution in [2.75, 3.05) is 57.8 Å². The van der Waals surface area contributed by atoms with Gasteiger partial charge in [0.2, 0.25) is 70.9 Å². The van der Waals surface area contributed by atoms with Crippen molar-refractivity contribution in [3.63, 3.8) is 0 Å². The molecule has 6 rings (SSSR count). The molecule has 4 aromatic rings. The fourth-order valence-electron chi connectivity index (χ4n) is 12.4. The van der Waals surface area contributed by atoms with Gasteiger partial charge in [-0.15, -0.1) is 0 Å². The van der Waals surface area contributed by atoms with Crippen LogP contribution in [0.2, 0.25) is 5.02 Å². The number of rotatable bonds is 36. The summed E-state index contributed by atoms with van der Waals surface area (Å²) in [6, 6.07) is -5.08. The van der Waals surface area contributed by atoms with Crippen molar-refractivity contribution < 1.29 is 167 Å². The van der Waals surface area contributed by atoms with E-state index in [1.807, 2.05) is 13.8 Å². The Balaban J connectivity index is 0.0000142. The standard InChI is InChI=1S/C74H104ClN19O18S2.2Gd/c1-10-41(6)63(73(111)89-50(22-39(2)3)64(102)76-9)92-70(108)55(28-47-32-78-38-82-47)86-71(109)57-35-113-114-36-58(91-68(106)54(27-46-31-77-37-81-46)85-66(104)52(25-44-14-12-11-13-15-44)83-61(99)34-93(20-18-79-42(7)95)21-19-80-43(8)96)74(112)94-33-48(97)29-59(94)72(110)88-53(26-45-16-17-60(98)49(75)24-45)67(105)87-56(30-62(100)101)69(107)84-51(23-40(4)5)65(103)90-57;;/h11-17,24,31-32,37-41,48,50-59,63,97-98H,7-8,10,18-23,25-30,33-36H2,1-6,9H3,(H,76,102)(H,77,81)(H,78,82)(H,79,95)(H,80,96)(H,83,99)(H,84,107)(H,85,104)(H,86,109)(H,87,105)(H,88,110)(H,89,111)(H,90,103)(H,91,106)(H,92,108)(H,100,101);;/q-2;;/t41?,48?,50-,51-,52-,53-,54-,55-,56-,57-,58-,59?,63-;;/m0../s1. The molecule has 0 bridgehead atoms. The number of carboxylic acid groups (broad SMARTS) is 1. The molecule has 0 radical (unpaired) electrons. The minimum absolute atomic E-state index is 0. The van der Waals surface area contributed by atoms with Crippen LogP contribution < -0.4 is 69.1 Å². The number of carboxylic acids is 1. The third kappa shape index (κ3) is 33.8. The van der Waals surface area contributed by atoms with Gasteiger partial charge >= 0.3 is 5.97 Å². The molecule has 0 aliphatic carbocycles. The molecule has 640 valence electrons. The zero-order chi connectivity index (χ0) is 83.9. The third-order valence-electron chi connectivity index (χ3n) is 18.5. The number of nitrogens with zero attached hydrogens (tertiary/aromatic N) is 4. The van der Waals surface area contributed by atoms with E-state index in [1.54, 1.807) is 62.9 Å². The van der Waals surface area contributed by atoms with Crippen molar-refractivity contribution in [1.29, 1.82) is 0 Å². The number of benzene rings is 2. The summed E-state index contributed by atoms with van der Waals surface area (Å²) in [4.78, 5) is 229. The summed E-state index contributed by atoms with van der Waals surface area (Å²) in [6.45, 7) is 16.5. The van der Waals surface area contributed by atoms with Gasteiger partial charge in [-0.05, 0) is 53.9 Å². The average molecular weight is 1960 g/mol. The number of aliphatic carboxylic acids is 1. The number of aliphatic hydroxyl groups is 1. The summed E-state index contributed by atoms with van der Waals surface area (Å²) < 4.78 is 0. The zero-order valence-electron chi connectivity index (χ0n) is 65.2. The summed E-state index contributed by atoms with van der Waals surface area (Å²) in [5.74, 6) is -16.4. The molecule has 37 nitrogen and oxygen atoms in total. The Morgan fingerprint density at radius 1 is 0.655 bits per heavy atom. The van der Waals surface area contributed by atoms with Gasteiger partial charge in [-0.3, -0.25) is 67.2 Å². The first-order chi connectivity index (χ1) is 54.1. The number of halogens is 1. The second-order valence-electron chi connectivity index (χ2n) is 28.6. The number of likely N-dealkylation sites (N-methyl/N-ethyl adjacent to an activating group) is 1. The predicted molar refractivity (Wildman–Crippen MR) is 420 cm³/mol. The third-order valence-corrected chi connectivity index (χ3v) is 21.2. The van der Waals surface area contributed by atoms with E-state index < -0.39 is 210 Å². The summed E-state index contributed by atoms with van der Waals surface area (Å²) in [7, 11) is 3.10. The molecule has 2 aliphatic rings. The number of fused-ring (bicyclic) bond motifs is 1. The van der Waals surface area contributed by atoms with Gasteiger partial charge in [0.15, 0.2) is 0 Å². The second-order valence-corrected chi connectivity index (χ2v) is 31.6. The van der Waals surface area contributed by atoms with Crippen LogP contribution in [0.3, 0.4) is 0 Å². The van der Waals surface area contributed by atoms with Gasteiger partial charge in [-0.2, -0.15) is 0 Å². The zero-order valence-corrected chi connectivity index (χ0v) is 72.1. The minimum atomic E-state index is -2.00. The molecule has 2 aromatic carbocycles. The summed E-state index contributed by atoms with van der Waals surface area (Å²) in [5.41, 5.74) is 1.37. The fraction of sp³-hybridized carbons (Fsp3) is 0.527. The van der Waals surface area contributed by atoms with Gasteiger partial charge in [-0.25, -0.2) is 9.97 Å². The van der Waals surface area contributed by atoms with E-state index in [1.165, 1.54) is 50.3 Å². The number of phenols is 1. The number of carbonyl (C=O) groups excluding carboxylic acids is 14. The van der Waals surface area contributed by atoms with Gasteiger partial charge in [0.1, 0.15) is 72.2 Å². The van der Waals surface area contributed by atoms with Gasteiger partial charge in [-0.1, -0.05) is 118 Å². The molecule has 0 saturated carbocycles. The van der Waals surface area contributed by atoms with Crippen molar-refractivity contribution in [3.05, 3.63) is 115 Å². The Morgan fingerprint density at radius 2 is 1.22 bits per heavy atom. The largest absolute Gasteiger partial charge is 0.506 e. The van der Waals surface area contributed by atoms with E-state index in [4.69, 9.17) is 11.6 Å². The van der Waals surface area contributed by atoms with Crippen LogP contribution in [0.25, 0.3) is 0 Å². The number of aromatic amines is 2. The molecule has 2 aromatic heterocycles. The van der Waals surface area contributed by atoms with Gasteiger partial charge in [0.05, 0.1) is 48.6 Å². The molecule has 116 heavy (non-hydrogen) atoms. The summed E-state index contributed by atoms with van der Waals surface area (Å²) in [6.07, 6.45) is 1.50. The van der Waals surface area contributed by atoms with Crippen LogP contribution in [0.5, 0.6) is 5.75 Å². The molecule has 2 saturated heterocycles. The molecule has 2 fully saturated rings. The maximum atomic E-state index is 15.6. The first-order valence-corrected chi connectivity index (χ1v) is 40.0. The second kappa shape index (κ2) is 50.7. The minimum Gasteiger partial charge on any atom is -0.506 e. The smallest absolute Gasteiger partial charge is 0.305 e. The van der Waals surface area contributed by atoms with Crippen LogP contribution in [0, 0.1) is 111 Å². The van der Waals surface area contributed by atoms with Crippen LogP contribution >= 0.6 is 33.2 Å². The number of phenolic OH excluding ortho intramolecular Hbond substituents is 1. The SMILES string of the molecule is [CH2-]C(=O)NCCN(CCNC([CH2-])=O)CC(=O)N[C@@H](Cc1ccccc1)C(=O)N[C@@H](Cc1cnc[nH]1)C(=O)N[C@H]1CSSC[C@@H](C(=O)N[C@@H](Cc2cnc[nH]2)C(=O)N[C@H](C(=O)N[C@@H](CC(C)C)C(=O)NC)C(C)CC)NC(=O)[C@H](CC(C)C)NC(=O)[C@H](CC(=O)O)NC(=O)[C@H](Cc2ccc(O)c(Cl)c2)NC(=O)C2CC(O)CN2C1=O.[Gd].[Gd]. The maximum Gasteiger partial charge on any atom is 0.305 e. The van der Waals surface area contributed by atoms with E-state index in [9.17, 15) is 68.1 Å². The van der Waals surface area contributed by atoms with E-state index in [0.717, 1.165) is 26.5 Å². The van der Waals surface area contributed by atoms with Crippen molar-refractivity contribution in [2.24, 2.45) is 17.8 Å². The number of aliphatic hydroxyl groups excluding tert-OH is 1. The van der Waals surface area contributed by atoms with Crippen LogP contribution in [0.15, 0.2) is 73.6 Å². The summed E-state index contributed by atoms with van der Waals surface area (Å²) >= 11 is 6.30. The van der Waals surface area contributed by atoms with Crippen LogP contribution in [-0.4, -0.2) is 264 Å². The molecular formula is C74H104ClGd2N19O18S2-2. The predicted octanol–water partition coefficient (Wildman–Crippen LogP) is -2.47. The molecule has 14 amide bonds. The summed E-state index contributed by atoms with van der Waals surface area (Å²) in [5, 5.41) is 66.0. The van der Waals surface area contributed by atoms with Crippen molar-refractivity contribution in [2.45, 2.75) is 172 Å². The van der Waals surface area contributed by atoms with E-state index in [2.05, 4.69) is 103 Å². The first kappa shape index (κ1) is 100. The molecular weight excluding hydrogens is 1860 g/mol. The van der Waals surface area contributed by atoms with Crippen LogP contribution in [0.4, 0.5) is 0 Å². The molecule has 0 spiro atoms. The van der Waals surface area contributed by atoms with Crippen molar-refractivity contribution >= 4 is 122 Å². The normalized spacial score (nSPS) is 19.8. The number of hydrogen-bond donors (Lipinski definition) is 18. The Kier molecular flexibility index (Phi) is 43.9. The topological polar surface area (TPSA) is 537 Å². The van der Waals surface area contributed by atoms with Gasteiger partial charge in [0.25, 0.3) is 0 Å². The van der Waals surface area contributed by atoms with Crippen molar-refractivity contribution in [3.8, 4) is 5.75 Å². The molecule has 13 atom stereocenters. The fourth-order valence-corrected chi connectivity index (χ4v) is 15.0. The number of H-pyrrole nitrogens is 2. The number of amides is 14. The van der Waals surface area contributed by atoms with Crippen LogP contribution in [-0.2, 0) is 97.6 Å². The number of aromatic hydroxyl groups is 1. The first-order valence-electron chi connectivity index (χ1n) is 37.2. The monoisotopic (exact) mass is 1960 g/mol. The van der Waals surface area contributed by atoms with Crippen LogP contribution in [0.1, 0.15) is 96.2 Å². The Morgan fingerprint density at radius 3 is 1.78 bits per heavy atom. The molecule has 42 heteroatoms. The van der Waals surface area contributed by atoms with Crippen molar-refractivity contribution in [1.82, 2.24) is 98.9 Å². The Hall–Kier alpha value is -7.99. The Labute approximate surface area is 749 Å². The quantitative estimate of drug-likeness (QED) is 0.0166. The number of aromatic nitrogens is 4. The van der Waals surface area contributed by atoms with E-state index >= 15 is 19.2 Å². The van der Waals surface area contributed by atoms with E-state index in [0.29, 0.717) is 17.7 Å². The molecule has 2 aliphatic heterocycles. The van der Waals surface area contributed by atoms with E-state index in [-0.39, 0.29) is 173 Å². The number of carbonyl (C=O) groups is 15. The van der Waals surface area contributed by atoms with Gasteiger partial charge < -0.3 is 123 Å².